The van der Waals surface area contributed by atoms with Gasteiger partial charge in [0, 0.05) is 12.5 Å². The van der Waals surface area contributed by atoms with Crippen molar-refractivity contribution in [2.45, 2.75) is 19.3 Å². The molecule has 18 heavy (non-hydrogen) atoms. The molecule has 0 saturated carbocycles. The number of alkyl carbamates (subject to hydrolysis) is 1. The molecule has 0 atom stereocenters. The summed E-state index contributed by atoms with van der Waals surface area (Å²) in [5.41, 5.74) is 1.16. The summed E-state index contributed by atoms with van der Waals surface area (Å²) < 4.78 is 15.6. The number of nitrogens with one attached hydrogen (secondary N) is 1. The molecule has 1 aromatic carbocycles. The fourth-order valence-electron chi connectivity index (χ4n) is 1.74. The van der Waals surface area contributed by atoms with Crippen LogP contribution in [0, 0.1) is 0 Å². The number of hydrogen-bond acceptors (Lipinski definition) is 4. The van der Waals surface area contributed by atoms with E-state index in [1.807, 2.05) is 37.3 Å². The average molecular weight is 251 g/mol. The molecule has 0 bridgehead atoms. The molecule has 5 nitrogen and oxygen atoms in total. The fraction of sp³-hybridized carbons (Fsp3) is 0.462. The van der Waals surface area contributed by atoms with E-state index in [0.29, 0.717) is 19.8 Å². The second-order valence-corrected chi connectivity index (χ2v) is 4.00. The number of carbonyl (C=O) groups excluding carboxylic acids is 1. The Labute approximate surface area is 106 Å². The van der Waals surface area contributed by atoms with Crippen molar-refractivity contribution in [2.75, 3.05) is 19.8 Å². The molecule has 0 aliphatic carbocycles. The van der Waals surface area contributed by atoms with Crippen molar-refractivity contribution in [3.8, 4) is 0 Å². The van der Waals surface area contributed by atoms with Gasteiger partial charge >= 0.3 is 12.6 Å². The van der Waals surface area contributed by atoms with E-state index in [1.54, 1.807) is 0 Å². The average Bonchev–Trinajstić information content (AvgIpc) is 2.41. The Balaban J connectivity index is 1.80. The molecule has 5 heteroatoms. The minimum atomic E-state index is -0.906. The molecule has 0 unspecified atom stereocenters. The summed E-state index contributed by atoms with van der Waals surface area (Å²) >= 11 is 0. The number of ether oxygens (including phenoxy) is 3. The van der Waals surface area contributed by atoms with E-state index < -0.39 is 12.6 Å². The van der Waals surface area contributed by atoms with Gasteiger partial charge < -0.3 is 19.5 Å². The van der Waals surface area contributed by atoms with Crippen molar-refractivity contribution in [1.29, 1.82) is 0 Å². The van der Waals surface area contributed by atoms with Crippen LogP contribution in [-0.4, -0.2) is 32.3 Å². The molecule has 1 N–H and O–H groups in total. The van der Waals surface area contributed by atoms with Crippen molar-refractivity contribution in [3.63, 3.8) is 0 Å². The zero-order valence-electron chi connectivity index (χ0n) is 10.3. The molecule has 1 saturated heterocycles. The minimum Gasteiger partial charge on any atom is -0.394 e. The lowest BCUT2D eigenvalue weighted by Gasteiger charge is -2.28. The summed E-state index contributed by atoms with van der Waals surface area (Å²) in [5.74, 6) is 0.181. The highest BCUT2D eigenvalue weighted by molar-refractivity contribution is 5.66. The predicted molar refractivity (Wildman–Crippen MR) is 65.0 cm³/mol. The Morgan fingerprint density at radius 3 is 2.61 bits per heavy atom. The molecule has 98 valence electrons. The number of amides is 1. The van der Waals surface area contributed by atoms with Crippen LogP contribution in [0.25, 0.3) is 0 Å². The minimum absolute atomic E-state index is 0.181. The highest BCUT2D eigenvalue weighted by Crippen LogP contribution is 2.22. The molecule has 0 aromatic heterocycles. The van der Waals surface area contributed by atoms with E-state index in [4.69, 9.17) is 14.2 Å². The van der Waals surface area contributed by atoms with Crippen LogP contribution in [0.2, 0.25) is 0 Å². The Bertz CT molecular complexity index is 374. The van der Waals surface area contributed by atoms with Gasteiger partial charge in [-0.2, -0.15) is 0 Å². The molecule has 0 spiro atoms. The highest BCUT2D eigenvalue weighted by Gasteiger charge is 2.25. The van der Waals surface area contributed by atoms with Crippen LogP contribution in [0.4, 0.5) is 4.79 Å². The van der Waals surface area contributed by atoms with Crippen molar-refractivity contribution in [1.82, 2.24) is 5.32 Å². The largest absolute Gasteiger partial charge is 0.411 e. The van der Waals surface area contributed by atoms with E-state index in [-0.39, 0.29) is 5.92 Å². The highest BCUT2D eigenvalue weighted by atomic mass is 16.9. The van der Waals surface area contributed by atoms with Crippen molar-refractivity contribution in [3.05, 3.63) is 35.9 Å². The van der Waals surface area contributed by atoms with Crippen LogP contribution in [0.5, 0.6) is 0 Å². The summed E-state index contributed by atoms with van der Waals surface area (Å²) in [6.45, 7) is 2.38. The Kier molecular flexibility index (Phi) is 4.55. The molecular formula is C13H17NO4. The lowest BCUT2D eigenvalue weighted by molar-refractivity contribution is -0.290. The third kappa shape index (κ3) is 3.45. The summed E-state index contributed by atoms with van der Waals surface area (Å²) in [5, 5.41) is 2.51. The molecule has 1 aliphatic rings. The van der Waals surface area contributed by atoms with Crippen molar-refractivity contribution < 1.29 is 19.0 Å². The first-order valence-electron chi connectivity index (χ1n) is 6.02. The smallest absolute Gasteiger partial charge is 0.394 e. The molecular weight excluding hydrogens is 234 g/mol. The van der Waals surface area contributed by atoms with Crippen LogP contribution in [0.3, 0.4) is 0 Å². The third-order valence-corrected chi connectivity index (χ3v) is 2.66. The van der Waals surface area contributed by atoms with Crippen LogP contribution in [0.1, 0.15) is 18.4 Å². The summed E-state index contributed by atoms with van der Waals surface area (Å²) in [6, 6.07) is 9.99. The van der Waals surface area contributed by atoms with Gasteiger partial charge in [-0.15, -0.1) is 0 Å². The Morgan fingerprint density at radius 2 is 2.00 bits per heavy atom. The monoisotopic (exact) mass is 251 g/mol. The normalized spacial score (nSPS) is 23.4. The van der Waals surface area contributed by atoms with Crippen LogP contribution in [-0.2, 0) is 14.2 Å². The zero-order chi connectivity index (χ0) is 12.8. The van der Waals surface area contributed by atoms with Gasteiger partial charge in [0.25, 0.3) is 0 Å². The van der Waals surface area contributed by atoms with Gasteiger partial charge in [-0.3, -0.25) is 0 Å². The maximum atomic E-state index is 11.2. The van der Waals surface area contributed by atoms with Gasteiger partial charge in [0.1, 0.15) is 0 Å². The maximum Gasteiger partial charge on any atom is 0.411 e. The van der Waals surface area contributed by atoms with Gasteiger partial charge in [0.2, 0.25) is 0 Å². The summed E-state index contributed by atoms with van der Waals surface area (Å²) in [6.07, 6.45) is -0.527. The second-order valence-electron chi connectivity index (χ2n) is 4.00. The number of rotatable bonds is 3. The quantitative estimate of drug-likeness (QED) is 0.890. The first-order chi connectivity index (χ1) is 8.79. The van der Waals surface area contributed by atoms with Crippen LogP contribution in [0.15, 0.2) is 30.3 Å². The molecule has 1 fully saturated rings. The van der Waals surface area contributed by atoms with Gasteiger partial charge in [0.15, 0.2) is 0 Å². The number of hydrogen-bond donors (Lipinski definition) is 1. The van der Waals surface area contributed by atoms with Gasteiger partial charge in [-0.25, -0.2) is 4.79 Å². The molecule has 2 rings (SSSR count). The lowest BCUT2D eigenvalue weighted by Crippen LogP contribution is -2.37. The number of benzene rings is 1. The van der Waals surface area contributed by atoms with E-state index in [1.165, 1.54) is 0 Å². The first kappa shape index (κ1) is 12.9. The van der Waals surface area contributed by atoms with Crippen molar-refractivity contribution >= 4 is 6.09 Å². The molecule has 1 amide bonds. The maximum absolute atomic E-state index is 11.2. The van der Waals surface area contributed by atoms with E-state index in [2.05, 4.69) is 5.32 Å². The van der Waals surface area contributed by atoms with E-state index in [0.717, 1.165) is 5.56 Å². The van der Waals surface area contributed by atoms with Gasteiger partial charge in [-0.05, 0) is 12.5 Å². The molecule has 1 heterocycles. The van der Waals surface area contributed by atoms with E-state index >= 15 is 0 Å². The van der Waals surface area contributed by atoms with Crippen LogP contribution >= 0.6 is 0 Å². The topological polar surface area (TPSA) is 56.8 Å². The fourth-order valence-corrected chi connectivity index (χ4v) is 1.74. The van der Waals surface area contributed by atoms with Crippen molar-refractivity contribution in [2.24, 2.45) is 0 Å². The second kappa shape index (κ2) is 6.37. The first-order valence-corrected chi connectivity index (χ1v) is 6.02. The van der Waals surface area contributed by atoms with Gasteiger partial charge in [0.05, 0.1) is 13.2 Å². The SMILES string of the molecule is CCNC(=O)OC1OCC(c2ccccc2)CO1. The molecule has 1 aromatic rings. The molecule has 0 radical (unpaired) electrons. The zero-order valence-corrected chi connectivity index (χ0v) is 10.3. The Hall–Kier alpha value is -1.59. The predicted octanol–water partition coefficient (Wildman–Crippen LogP) is 1.85. The number of carbonyl (C=O) groups is 1. The van der Waals surface area contributed by atoms with E-state index in [9.17, 15) is 4.79 Å². The third-order valence-electron chi connectivity index (χ3n) is 2.66. The summed E-state index contributed by atoms with van der Waals surface area (Å²) in [7, 11) is 0. The molecule has 1 aliphatic heterocycles. The van der Waals surface area contributed by atoms with Gasteiger partial charge in [-0.1, -0.05) is 30.3 Å². The van der Waals surface area contributed by atoms with Crippen LogP contribution < -0.4 is 5.32 Å². The standard InChI is InChI=1S/C13H17NO4/c1-2-14-12(15)18-13-16-8-11(9-17-13)10-6-4-3-5-7-10/h3-7,11,13H,2,8-9H2,1H3,(H,14,15). The Morgan fingerprint density at radius 1 is 1.33 bits per heavy atom. The lowest BCUT2D eigenvalue weighted by atomic mass is 10.0. The summed E-state index contributed by atoms with van der Waals surface area (Å²) in [4.78, 5) is 11.2.